The lowest BCUT2D eigenvalue weighted by molar-refractivity contribution is 0.308. The summed E-state index contributed by atoms with van der Waals surface area (Å²) in [5, 5.41) is 10.8. The third-order valence-corrected chi connectivity index (χ3v) is 3.84. The molecule has 2 aromatic rings. The largest absolute Gasteiger partial charge is 0.440 e. The highest BCUT2D eigenvalue weighted by Crippen LogP contribution is 2.27. The summed E-state index contributed by atoms with van der Waals surface area (Å²) in [5.74, 6) is 1.89. The first-order valence-electron chi connectivity index (χ1n) is 6.46. The molecule has 2 heterocycles. The van der Waals surface area contributed by atoms with Gasteiger partial charge in [0, 0.05) is 17.2 Å². The molecule has 0 saturated carbocycles. The zero-order valence-corrected chi connectivity index (χ0v) is 12.3. The van der Waals surface area contributed by atoms with Crippen molar-refractivity contribution in [1.82, 2.24) is 9.88 Å². The van der Waals surface area contributed by atoms with Gasteiger partial charge in [-0.2, -0.15) is 5.26 Å². The molecule has 0 unspecified atom stereocenters. The molecule has 0 aliphatic carbocycles. The number of nitriles is 1. The second-order valence-electron chi connectivity index (χ2n) is 4.62. The zero-order valence-electron chi connectivity index (χ0n) is 11.5. The summed E-state index contributed by atoms with van der Waals surface area (Å²) in [6.45, 7) is 2.05. The van der Waals surface area contributed by atoms with E-state index in [0.29, 0.717) is 17.5 Å². The highest BCUT2D eigenvalue weighted by Gasteiger charge is 2.17. The quantitative estimate of drug-likeness (QED) is 0.808. The van der Waals surface area contributed by atoms with Gasteiger partial charge in [-0.3, -0.25) is 4.98 Å². The van der Waals surface area contributed by atoms with Crippen LogP contribution in [0.5, 0.6) is 5.75 Å². The second-order valence-corrected chi connectivity index (χ2v) is 5.45. The fraction of sp³-hybridized carbons (Fsp3) is 0.125. The van der Waals surface area contributed by atoms with Gasteiger partial charge < -0.3 is 4.74 Å². The van der Waals surface area contributed by atoms with E-state index in [1.807, 2.05) is 48.7 Å². The molecular weight excluding hydrogens is 282 g/mol. The first kappa shape index (κ1) is 13.5. The average Bonchev–Trinajstić information content (AvgIpc) is 2.95. The number of ether oxygens (including phenoxy) is 1. The Morgan fingerprint density at radius 1 is 1.29 bits per heavy atom. The fourth-order valence-electron chi connectivity index (χ4n) is 1.98. The number of nitrogens with zero attached hydrogens (tertiary/aromatic N) is 3. The molecule has 0 bridgehead atoms. The Morgan fingerprint density at radius 2 is 2.10 bits per heavy atom. The number of pyridine rings is 1. The lowest BCUT2D eigenvalue weighted by atomic mass is 10.1. The van der Waals surface area contributed by atoms with Crippen LogP contribution in [0.15, 0.2) is 53.9 Å². The Kier molecular flexibility index (Phi) is 3.80. The maximum absolute atomic E-state index is 8.97. The van der Waals surface area contributed by atoms with E-state index < -0.39 is 0 Å². The molecule has 0 atom stereocenters. The minimum atomic E-state index is 0.573. The zero-order chi connectivity index (χ0) is 14.7. The number of hydrogen-bond acceptors (Lipinski definition) is 5. The van der Waals surface area contributed by atoms with Crippen LogP contribution >= 0.6 is 11.8 Å². The Labute approximate surface area is 127 Å². The Morgan fingerprint density at radius 3 is 2.81 bits per heavy atom. The number of aromatic nitrogens is 1. The van der Waals surface area contributed by atoms with E-state index in [2.05, 4.69) is 11.2 Å². The van der Waals surface area contributed by atoms with Crippen molar-refractivity contribution in [2.75, 3.05) is 5.88 Å². The number of hydrogen-bond donors (Lipinski definition) is 0. The summed E-state index contributed by atoms with van der Waals surface area (Å²) in [5.41, 5.74) is 3.16. The van der Waals surface area contributed by atoms with Crippen molar-refractivity contribution < 1.29 is 4.74 Å². The van der Waals surface area contributed by atoms with Crippen molar-refractivity contribution in [2.24, 2.45) is 0 Å². The molecule has 0 fully saturated rings. The SMILES string of the molecule is Cc1ccnc(-c2ccc(OC3=CSCN3C#N)cc2)c1. The van der Waals surface area contributed by atoms with Gasteiger partial charge in [0.15, 0.2) is 6.19 Å². The van der Waals surface area contributed by atoms with Crippen LogP contribution in [-0.2, 0) is 0 Å². The minimum absolute atomic E-state index is 0.573. The molecule has 3 rings (SSSR count). The van der Waals surface area contributed by atoms with E-state index in [1.165, 1.54) is 10.5 Å². The first-order chi connectivity index (χ1) is 10.3. The summed E-state index contributed by atoms with van der Waals surface area (Å²) >= 11 is 1.54. The second kappa shape index (κ2) is 5.90. The highest BCUT2D eigenvalue weighted by atomic mass is 32.2. The molecule has 1 aliphatic rings. The monoisotopic (exact) mass is 295 g/mol. The number of benzene rings is 1. The predicted octanol–water partition coefficient (Wildman–Crippen LogP) is 3.72. The molecule has 1 aromatic carbocycles. The molecule has 4 nitrogen and oxygen atoms in total. The number of thioether (sulfide) groups is 1. The molecule has 0 spiro atoms. The summed E-state index contributed by atoms with van der Waals surface area (Å²) in [7, 11) is 0. The van der Waals surface area contributed by atoms with Gasteiger partial charge in [0.1, 0.15) is 5.75 Å². The summed E-state index contributed by atoms with van der Waals surface area (Å²) in [4.78, 5) is 5.88. The Bertz CT molecular complexity index is 719. The normalized spacial score (nSPS) is 13.7. The van der Waals surface area contributed by atoms with E-state index in [-0.39, 0.29) is 0 Å². The predicted molar refractivity (Wildman–Crippen MR) is 83.0 cm³/mol. The van der Waals surface area contributed by atoms with Crippen LogP contribution in [0.3, 0.4) is 0 Å². The van der Waals surface area contributed by atoms with Crippen LogP contribution in [-0.4, -0.2) is 15.8 Å². The topological polar surface area (TPSA) is 49.1 Å². The maximum Gasteiger partial charge on any atom is 0.216 e. The number of rotatable bonds is 3. The van der Waals surface area contributed by atoms with Crippen molar-refractivity contribution >= 4 is 11.8 Å². The van der Waals surface area contributed by atoms with Gasteiger partial charge in [-0.25, -0.2) is 4.90 Å². The smallest absolute Gasteiger partial charge is 0.216 e. The summed E-state index contributed by atoms with van der Waals surface area (Å²) < 4.78 is 5.72. The van der Waals surface area contributed by atoms with Crippen LogP contribution in [0.1, 0.15) is 5.56 Å². The van der Waals surface area contributed by atoms with Crippen LogP contribution in [0.25, 0.3) is 11.3 Å². The first-order valence-corrected chi connectivity index (χ1v) is 7.51. The van der Waals surface area contributed by atoms with E-state index in [4.69, 9.17) is 10.00 Å². The van der Waals surface area contributed by atoms with Crippen LogP contribution in [0.2, 0.25) is 0 Å². The van der Waals surface area contributed by atoms with Gasteiger partial charge in [0.2, 0.25) is 5.88 Å². The fourth-order valence-corrected chi connectivity index (χ4v) is 2.70. The lowest BCUT2D eigenvalue weighted by Gasteiger charge is -2.12. The van der Waals surface area contributed by atoms with Crippen molar-refractivity contribution in [2.45, 2.75) is 6.92 Å². The lowest BCUT2D eigenvalue weighted by Crippen LogP contribution is -2.15. The average molecular weight is 295 g/mol. The summed E-state index contributed by atoms with van der Waals surface area (Å²) in [6, 6.07) is 11.7. The molecule has 21 heavy (non-hydrogen) atoms. The van der Waals surface area contributed by atoms with Crippen molar-refractivity contribution in [3.05, 3.63) is 59.4 Å². The number of aryl methyl sites for hydroxylation is 1. The minimum Gasteiger partial charge on any atom is -0.440 e. The van der Waals surface area contributed by atoms with Crippen molar-refractivity contribution in [3.63, 3.8) is 0 Å². The van der Waals surface area contributed by atoms with Gasteiger partial charge in [-0.15, -0.1) is 11.8 Å². The van der Waals surface area contributed by atoms with E-state index in [1.54, 1.807) is 18.0 Å². The standard InChI is InChI=1S/C16H13N3OS/c1-12-6-7-18-15(8-12)13-2-4-14(5-3-13)20-16-9-21-11-19(16)10-17/h2-9H,11H2,1H3. The molecule has 0 amide bonds. The van der Waals surface area contributed by atoms with E-state index in [0.717, 1.165) is 11.3 Å². The Balaban J connectivity index is 1.77. The maximum atomic E-state index is 8.97. The van der Waals surface area contributed by atoms with Crippen LogP contribution < -0.4 is 4.74 Å². The van der Waals surface area contributed by atoms with Gasteiger partial charge >= 0.3 is 0 Å². The molecular formula is C16H13N3OS. The molecule has 1 aromatic heterocycles. The van der Waals surface area contributed by atoms with Crippen molar-refractivity contribution in [3.8, 4) is 23.2 Å². The van der Waals surface area contributed by atoms with Gasteiger partial charge in [-0.05, 0) is 48.9 Å². The molecule has 0 N–H and O–H groups in total. The molecule has 5 heteroatoms. The van der Waals surface area contributed by atoms with Crippen molar-refractivity contribution in [1.29, 1.82) is 5.26 Å². The Hall–Kier alpha value is -2.45. The highest BCUT2D eigenvalue weighted by molar-refractivity contribution is 8.02. The van der Waals surface area contributed by atoms with E-state index in [9.17, 15) is 0 Å². The molecule has 0 radical (unpaired) electrons. The third-order valence-electron chi connectivity index (χ3n) is 3.06. The third kappa shape index (κ3) is 3.01. The van der Waals surface area contributed by atoms with Gasteiger partial charge in [0.25, 0.3) is 0 Å². The molecule has 104 valence electrons. The van der Waals surface area contributed by atoms with Gasteiger partial charge in [-0.1, -0.05) is 0 Å². The van der Waals surface area contributed by atoms with Crippen LogP contribution in [0, 0.1) is 18.4 Å². The van der Waals surface area contributed by atoms with Crippen LogP contribution in [0.4, 0.5) is 0 Å². The molecule has 1 aliphatic heterocycles. The molecule has 0 saturated heterocycles. The van der Waals surface area contributed by atoms with Gasteiger partial charge in [0.05, 0.1) is 11.6 Å². The summed E-state index contributed by atoms with van der Waals surface area (Å²) in [6.07, 6.45) is 3.89. The van der Waals surface area contributed by atoms with E-state index >= 15 is 0 Å².